The molecule has 0 radical (unpaired) electrons. The second-order valence-electron chi connectivity index (χ2n) is 5.17. The van der Waals surface area contributed by atoms with Gasteiger partial charge in [0.05, 0.1) is 25.2 Å². The Hall–Kier alpha value is -1.12. The van der Waals surface area contributed by atoms with E-state index in [0.717, 1.165) is 12.1 Å². The van der Waals surface area contributed by atoms with Crippen LogP contribution in [0.4, 0.5) is 0 Å². The van der Waals surface area contributed by atoms with E-state index in [-0.39, 0.29) is 5.41 Å². The maximum Gasteiger partial charge on any atom is 0.231 e. The van der Waals surface area contributed by atoms with Crippen LogP contribution in [-0.4, -0.2) is 17.1 Å². The molecule has 102 valence electrons. The number of hydrogen-bond donors (Lipinski definition) is 0. The molecule has 0 fully saturated rings. The number of rotatable bonds is 8. The lowest BCUT2D eigenvalue weighted by Gasteiger charge is -2.27. The van der Waals surface area contributed by atoms with E-state index in [0.29, 0.717) is 5.88 Å². The summed E-state index contributed by atoms with van der Waals surface area (Å²) in [6.45, 7) is 6.76. The van der Waals surface area contributed by atoms with Crippen molar-refractivity contribution >= 4 is 0 Å². The van der Waals surface area contributed by atoms with Crippen molar-refractivity contribution in [3.63, 3.8) is 0 Å². The molecule has 0 aromatic carbocycles. The minimum absolute atomic E-state index is 0.146. The van der Waals surface area contributed by atoms with Crippen molar-refractivity contribution in [3.05, 3.63) is 18.1 Å². The fraction of sp³-hybridized carbons (Fsp3) is 0.733. The van der Waals surface area contributed by atoms with E-state index in [1.807, 2.05) is 6.20 Å². The van der Waals surface area contributed by atoms with Gasteiger partial charge in [-0.2, -0.15) is 0 Å². The molecule has 0 amide bonds. The Kier molecular flexibility index (Phi) is 6.10. The van der Waals surface area contributed by atoms with Crippen molar-refractivity contribution in [2.45, 2.75) is 64.7 Å². The number of unbranched alkanes of at least 4 members (excludes halogenated alkanes) is 3. The zero-order chi connectivity index (χ0) is 13.4. The fourth-order valence-electron chi connectivity index (χ4n) is 2.16. The van der Waals surface area contributed by atoms with Crippen molar-refractivity contribution in [2.24, 2.45) is 0 Å². The van der Waals surface area contributed by atoms with Gasteiger partial charge in [-0.25, -0.2) is 4.98 Å². The number of ether oxygens (including phenoxy) is 1. The molecule has 3 nitrogen and oxygen atoms in total. The second-order valence-corrected chi connectivity index (χ2v) is 5.17. The van der Waals surface area contributed by atoms with E-state index in [1.165, 1.54) is 32.1 Å². The van der Waals surface area contributed by atoms with Crippen LogP contribution in [0, 0.1) is 0 Å². The predicted octanol–water partition coefficient (Wildman–Crippen LogP) is 4.12. The maximum absolute atomic E-state index is 5.05. The van der Waals surface area contributed by atoms with Crippen molar-refractivity contribution in [1.82, 2.24) is 9.97 Å². The Morgan fingerprint density at radius 1 is 1.11 bits per heavy atom. The van der Waals surface area contributed by atoms with Crippen molar-refractivity contribution < 1.29 is 4.74 Å². The summed E-state index contributed by atoms with van der Waals surface area (Å²) >= 11 is 0. The molecule has 18 heavy (non-hydrogen) atoms. The Morgan fingerprint density at radius 3 is 2.39 bits per heavy atom. The SMILES string of the molecule is CCCCCCC(C)(CC)c1cnc(OC)cn1. The topological polar surface area (TPSA) is 35.0 Å². The molecule has 0 saturated heterocycles. The van der Waals surface area contributed by atoms with Gasteiger partial charge in [-0.3, -0.25) is 4.98 Å². The zero-order valence-electron chi connectivity index (χ0n) is 12.2. The molecule has 1 aromatic rings. The quantitative estimate of drug-likeness (QED) is 0.651. The van der Waals surface area contributed by atoms with E-state index in [4.69, 9.17) is 4.74 Å². The molecule has 0 saturated carbocycles. The number of methoxy groups -OCH3 is 1. The minimum atomic E-state index is 0.146. The van der Waals surface area contributed by atoms with Crippen LogP contribution in [0.25, 0.3) is 0 Å². The fourth-order valence-corrected chi connectivity index (χ4v) is 2.16. The maximum atomic E-state index is 5.05. The van der Waals surface area contributed by atoms with Gasteiger partial charge < -0.3 is 4.74 Å². The Morgan fingerprint density at radius 2 is 1.89 bits per heavy atom. The second kappa shape index (κ2) is 7.34. The van der Waals surface area contributed by atoms with Crippen LogP contribution in [0.5, 0.6) is 5.88 Å². The lowest BCUT2D eigenvalue weighted by Crippen LogP contribution is -2.22. The van der Waals surface area contributed by atoms with Crippen molar-refractivity contribution in [3.8, 4) is 5.88 Å². The van der Waals surface area contributed by atoms with Gasteiger partial charge in [0.25, 0.3) is 0 Å². The summed E-state index contributed by atoms with van der Waals surface area (Å²) in [5.74, 6) is 0.586. The number of nitrogens with zero attached hydrogens (tertiary/aromatic N) is 2. The number of hydrogen-bond acceptors (Lipinski definition) is 3. The lowest BCUT2D eigenvalue weighted by molar-refractivity contribution is 0.372. The molecule has 0 aliphatic carbocycles. The van der Waals surface area contributed by atoms with E-state index >= 15 is 0 Å². The standard InChI is InChI=1S/C15H26N2O/c1-5-7-8-9-10-15(3,6-2)13-11-17-14(18-4)12-16-13/h11-12H,5-10H2,1-4H3. The largest absolute Gasteiger partial charge is 0.480 e. The van der Waals surface area contributed by atoms with Gasteiger partial charge in [-0.15, -0.1) is 0 Å². The van der Waals surface area contributed by atoms with Crippen LogP contribution in [0.1, 0.15) is 65.0 Å². The van der Waals surface area contributed by atoms with E-state index in [9.17, 15) is 0 Å². The van der Waals surface area contributed by atoms with Gasteiger partial charge in [-0.05, 0) is 12.8 Å². The van der Waals surface area contributed by atoms with Crippen LogP contribution in [-0.2, 0) is 5.41 Å². The molecule has 1 rings (SSSR count). The van der Waals surface area contributed by atoms with Gasteiger partial charge in [0.2, 0.25) is 5.88 Å². The Balaban J connectivity index is 2.66. The molecule has 1 atom stereocenters. The third-order valence-electron chi connectivity index (χ3n) is 3.82. The molecular formula is C15H26N2O. The zero-order valence-corrected chi connectivity index (χ0v) is 12.2. The van der Waals surface area contributed by atoms with Crippen LogP contribution >= 0.6 is 0 Å². The highest BCUT2D eigenvalue weighted by Gasteiger charge is 2.25. The first kappa shape index (κ1) is 14.9. The summed E-state index contributed by atoms with van der Waals surface area (Å²) in [5, 5.41) is 0. The summed E-state index contributed by atoms with van der Waals surface area (Å²) in [6.07, 6.45) is 11.1. The van der Waals surface area contributed by atoms with Gasteiger partial charge in [0.15, 0.2) is 0 Å². The summed E-state index contributed by atoms with van der Waals surface area (Å²) in [4.78, 5) is 8.77. The van der Waals surface area contributed by atoms with Crippen LogP contribution in [0.2, 0.25) is 0 Å². The molecule has 0 aliphatic heterocycles. The van der Waals surface area contributed by atoms with Gasteiger partial charge >= 0.3 is 0 Å². The molecule has 1 unspecified atom stereocenters. The molecular weight excluding hydrogens is 224 g/mol. The first-order chi connectivity index (χ1) is 8.66. The highest BCUT2D eigenvalue weighted by Crippen LogP contribution is 2.31. The summed E-state index contributed by atoms with van der Waals surface area (Å²) < 4.78 is 5.05. The van der Waals surface area contributed by atoms with E-state index in [1.54, 1.807) is 13.3 Å². The first-order valence-electron chi connectivity index (χ1n) is 7.02. The molecule has 0 bridgehead atoms. The smallest absolute Gasteiger partial charge is 0.231 e. The molecule has 0 N–H and O–H groups in total. The normalized spacial score (nSPS) is 14.2. The monoisotopic (exact) mass is 250 g/mol. The van der Waals surface area contributed by atoms with Crippen LogP contribution in [0.15, 0.2) is 12.4 Å². The summed E-state index contributed by atoms with van der Waals surface area (Å²) in [5.41, 5.74) is 1.23. The third-order valence-corrected chi connectivity index (χ3v) is 3.82. The summed E-state index contributed by atoms with van der Waals surface area (Å²) in [6, 6.07) is 0. The Bertz CT molecular complexity index is 337. The molecule has 1 aromatic heterocycles. The third kappa shape index (κ3) is 3.97. The van der Waals surface area contributed by atoms with Crippen LogP contribution in [0.3, 0.4) is 0 Å². The van der Waals surface area contributed by atoms with Crippen molar-refractivity contribution in [1.29, 1.82) is 0 Å². The molecule has 1 heterocycles. The lowest BCUT2D eigenvalue weighted by atomic mass is 9.79. The molecule has 0 spiro atoms. The molecule has 0 aliphatic rings. The highest BCUT2D eigenvalue weighted by molar-refractivity contribution is 5.15. The van der Waals surface area contributed by atoms with Gasteiger partial charge in [-0.1, -0.05) is 46.5 Å². The van der Waals surface area contributed by atoms with Crippen LogP contribution < -0.4 is 4.74 Å². The average molecular weight is 250 g/mol. The molecule has 3 heteroatoms. The average Bonchev–Trinajstić information content (AvgIpc) is 2.43. The highest BCUT2D eigenvalue weighted by atomic mass is 16.5. The minimum Gasteiger partial charge on any atom is -0.480 e. The van der Waals surface area contributed by atoms with Crippen molar-refractivity contribution in [2.75, 3.05) is 7.11 Å². The van der Waals surface area contributed by atoms with E-state index < -0.39 is 0 Å². The summed E-state index contributed by atoms with van der Waals surface area (Å²) in [7, 11) is 1.62. The van der Waals surface area contributed by atoms with Gasteiger partial charge in [0, 0.05) is 5.41 Å². The van der Waals surface area contributed by atoms with E-state index in [2.05, 4.69) is 30.7 Å². The number of aromatic nitrogens is 2. The first-order valence-corrected chi connectivity index (χ1v) is 7.02. The predicted molar refractivity (Wildman–Crippen MR) is 75.0 cm³/mol. The van der Waals surface area contributed by atoms with Gasteiger partial charge in [0.1, 0.15) is 0 Å². The Labute approximate surface area is 111 Å².